The van der Waals surface area contributed by atoms with Crippen molar-refractivity contribution in [2.45, 2.75) is 334 Å². The van der Waals surface area contributed by atoms with E-state index in [1.165, 1.54) is 263 Å². The fourth-order valence-corrected chi connectivity index (χ4v) is 9.05. The number of rotatable bonds is 52. The van der Waals surface area contributed by atoms with Gasteiger partial charge in [-0.15, -0.1) is 0 Å². The summed E-state index contributed by atoms with van der Waals surface area (Å²) in [5.74, 6) is -0.308. The molecule has 3 unspecified atom stereocenters. The third-order valence-electron chi connectivity index (χ3n) is 13.3. The molecule has 0 aliphatic carbocycles. The number of carbonyl (C=O) groups excluding carboxylic acids is 1. The molecular formula is C56H111NO4. The van der Waals surface area contributed by atoms with Crippen LogP contribution in [0, 0.1) is 0 Å². The van der Waals surface area contributed by atoms with E-state index in [-0.39, 0.29) is 18.9 Å². The summed E-state index contributed by atoms with van der Waals surface area (Å²) in [6, 6.07) is -0.741. The Morgan fingerprint density at radius 3 is 0.951 bits per heavy atom. The van der Waals surface area contributed by atoms with Crippen molar-refractivity contribution in [3.8, 4) is 0 Å². The number of aliphatic hydroxyl groups is 3. The molecular weight excluding hydrogens is 751 g/mol. The number of amides is 1. The van der Waals surface area contributed by atoms with Crippen LogP contribution in [-0.4, -0.2) is 46.1 Å². The second kappa shape index (κ2) is 51.7. The summed E-state index contributed by atoms with van der Waals surface area (Å²) in [4.78, 5) is 12.5. The van der Waals surface area contributed by atoms with Crippen molar-refractivity contribution < 1.29 is 20.1 Å². The number of unbranched alkanes of at least 4 members (excludes halogenated alkanes) is 43. The smallest absolute Gasteiger partial charge is 0.222 e. The second-order valence-electron chi connectivity index (χ2n) is 19.6. The summed E-state index contributed by atoms with van der Waals surface area (Å²) in [6.45, 7) is 4.26. The highest BCUT2D eigenvalue weighted by atomic mass is 16.3. The number of nitrogens with one attached hydrogen (secondary N) is 1. The minimum Gasteiger partial charge on any atom is -0.394 e. The SMILES string of the molecule is CCCCCCCCCCCCCCCCCCCC/C=C/C(O)C(CO)NC(=O)CC(O)CCCCCCCCCCCCCCCCCCCCCCCCCCCC. The van der Waals surface area contributed by atoms with Crippen molar-refractivity contribution >= 4 is 5.91 Å². The predicted molar refractivity (Wildman–Crippen MR) is 269 cm³/mol. The molecule has 61 heavy (non-hydrogen) atoms. The predicted octanol–water partition coefficient (Wildman–Crippen LogP) is 17.1. The molecule has 0 saturated heterocycles. The first kappa shape index (κ1) is 60.1. The summed E-state index contributed by atoms with van der Waals surface area (Å²) < 4.78 is 0. The minimum atomic E-state index is -0.926. The van der Waals surface area contributed by atoms with Gasteiger partial charge in [-0.1, -0.05) is 302 Å². The standard InChI is InChI=1S/C56H111NO4/c1-3-5-7-9-11-13-15-17-19-21-23-25-26-27-28-29-30-31-33-35-37-39-41-43-45-47-49-53(59)51-56(61)57-54(52-58)55(60)50-48-46-44-42-40-38-36-34-32-24-22-20-18-16-14-12-10-8-6-4-2/h48,50,53-55,58-60H,3-47,49,51-52H2,1-2H3,(H,57,61)/b50-48+. The Morgan fingerprint density at radius 1 is 0.410 bits per heavy atom. The molecule has 0 aromatic carbocycles. The molecule has 5 nitrogen and oxygen atoms in total. The monoisotopic (exact) mass is 862 g/mol. The third-order valence-corrected chi connectivity index (χ3v) is 13.3. The molecule has 0 rings (SSSR count). The van der Waals surface area contributed by atoms with Gasteiger partial charge in [0, 0.05) is 0 Å². The van der Waals surface area contributed by atoms with E-state index in [9.17, 15) is 20.1 Å². The van der Waals surface area contributed by atoms with Crippen LogP contribution >= 0.6 is 0 Å². The maximum absolute atomic E-state index is 12.5. The van der Waals surface area contributed by atoms with Gasteiger partial charge in [0.2, 0.25) is 5.91 Å². The molecule has 5 heteroatoms. The van der Waals surface area contributed by atoms with Crippen molar-refractivity contribution in [1.82, 2.24) is 5.32 Å². The topological polar surface area (TPSA) is 89.8 Å². The average molecular weight is 863 g/mol. The molecule has 0 saturated carbocycles. The Bertz CT molecular complexity index is 864. The van der Waals surface area contributed by atoms with Gasteiger partial charge in [0.15, 0.2) is 0 Å². The van der Waals surface area contributed by atoms with E-state index < -0.39 is 18.2 Å². The lowest BCUT2D eigenvalue weighted by Gasteiger charge is -2.21. The molecule has 0 aromatic heterocycles. The average Bonchev–Trinajstić information content (AvgIpc) is 3.25. The van der Waals surface area contributed by atoms with Crippen LogP contribution in [0.2, 0.25) is 0 Å². The highest BCUT2D eigenvalue weighted by Gasteiger charge is 2.20. The fourth-order valence-electron chi connectivity index (χ4n) is 9.05. The van der Waals surface area contributed by atoms with Gasteiger partial charge in [0.1, 0.15) is 0 Å². The van der Waals surface area contributed by atoms with Gasteiger partial charge in [-0.3, -0.25) is 4.79 Å². The van der Waals surface area contributed by atoms with Crippen LogP contribution in [0.4, 0.5) is 0 Å². The number of allylic oxidation sites excluding steroid dienone is 1. The summed E-state index contributed by atoms with van der Waals surface area (Å²) in [7, 11) is 0. The lowest BCUT2D eigenvalue weighted by Crippen LogP contribution is -2.45. The lowest BCUT2D eigenvalue weighted by molar-refractivity contribution is -0.124. The summed E-state index contributed by atoms with van der Waals surface area (Å²) in [5.41, 5.74) is 0. The van der Waals surface area contributed by atoms with Crippen molar-refractivity contribution in [2.24, 2.45) is 0 Å². The zero-order valence-corrected chi connectivity index (χ0v) is 41.6. The molecule has 0 spiro atoms. The molecule has 3 atom stereocenters. The first-order valence-electron chi connectivity index (χ1n) is 28.0. The van der Waals surface area contributed by atoms with Crippen LogP contribution in [0.5, 0.6) is 0 Å². The van der Waals surface area contributed by atoms with Gasteiger partial charge in [-0.2, -0.15) is 0 Å². The van der Waals surface area contributed by atoms with Crippen LogP contribution in [0.1, 0.15) is 316 Å². The largest absolute Gasteiger partial charge is 0.394 e. The van der Waals surface area contributed by atoms with Crippen LogP contribution < -0.4 is 5.32 Å². The molecule has 0 heterocycles. The normalized spacial score (nSPS) is 13.3. The van der Waals surface area contributed by atoms with Crippen LogP contribution in [0.25, 0.3) is 0 Å². The molecule has 1 amide bonds. The van der Waals surface area contributed by atoms with E-state index >= 15 is 0 Å². The number of aliphatic hydroxyl groups excluding tert-OH is 3. The molecule has 364 valence electrons. The van der Waals surface area contributed by atoms with Crippen LogP contribution in [0.15, 0.2) is 12.2 Å². The Morgan fingerprint density at radius 2 is 0.672 bits per heavy atom. The molecule has 0 aliphatic heterocycles. The quantitative estimate of drug-likeness (QED) is 0.0362. The first-order valence-corrected chi connectivity index (χ1v) is 28.0. The van der Waals surface area contributed by atoms with E-state index in [4.69, 9.17) is 0 Å². The maximum Gasteiger partial charge on any atom is 0.222 e. The number of hydrogen-bond acceptors (Lipinski definition) is 4. The highest BCUT2D eigenvalue weighted by Crippen LogP contribution is 2.18. The van der Waals surface area contributed by atoms with Crippen molar-refractivity contribution in [3.63, 3.8) is 0 Å². The van der Waals surface area contributed by atoms with E-state index in [0.29, 0.717) is 6.42 Å². The fraction of sp³-hybridized carbons (Fsp3) is 0.946. The van der Waals surface area contributed by atoms with E-state index in [1.54, 1.807) is 6.08 Å². The summed E-state index contributed by atoms with van der Waals surface area (Å²) in [6.07, 6.45) is 64.0. The van der Waals surface area contributed by atoms with E-state index in [2.05, 4.69) is 19.2 Å². The number of hydrogen-bond donors (Lipinski definition) is 4. The molecule has 0 aliphatic rings. The first-order chi connectivity index (χ1) is 30.0. The van der Waals surface area contributed by atoms with Gasteiger partial charge in [-0.05, 0) is 19.3 Å². The molecule has 0 aromatic rings. The van der Waals surface area contributed by atoms with E-state index in [1.807, 2.05) is 6.08 Å². The van der Waals surface area contributed by atoms with Crippen LogP contribution in [-0.2, 0) is 4.79 Å². The Labute approximate surface area is 382 Å². The zero-order chi connectivity index (χ0) is 44.4. The third kappa shape index (κ3) is 48.4. The lowest BCUT2D eigenvalue weighted by atomic mass is 10.0. The zero-order valence-electron chi connectivity index (χ0n) is 41.6. The maximum atomic E-state index is 12.5. The van der Waals surface area contributed by atoms with Crippen molar-refractivity contribution in [1.29, 1.82) is 0 Å². The highest BCUT2D eigenvalue weighted by molar-refractivity contribution is 5.76. The van der Waals surface area contributed by atoms with E-state index in [0.717, 1.165) is 25.7 Å². The molecule has 0 radical (unpaired) electrons. The van der Waals surface area contributed by atoms with Gasteiger partial charge < -0.3 is 20.6 Å². The second-order valence-corrected chi connectivity index (χ2v) is 19.6. The van der Waals surface area contributed by atoms with Crippen molar-refractivity contribution in [3.05, 3.63) is 12.2 Å². The van der Waals surface area contributed by atoms with Gasteiger partial charge in [0.05, 0.1) is 31.3 Å². The molecule has 0 fully saturated rings. The van der Waals surface area contributed by atoms with Gasteiger partial charge >= 0.3 is 0 Å². The number of carbonyl (C=O) groups is 1. The Kier molecular flexibility index (Phi) is 51.0. The van der Waals surface area contributed by atoms with Gasteiger partial charge in [0.25, 0.3) is 0 Å². The Balaban J connectivity index is 3.53. The van der Waals surface area contributed by atoms with Crippen molar-refractivity contribution in [2.75, 3.05) is 6.61 Å². The summed E-state index contributed by atoms with van der Waals surface area (Å²) in [5, 5.41) is 33.5. The molecule has 4 N–H and O–H groups in total. The minimum absolute atomic E-state index is 0.0195. The van der Waals surface area contributed by atoms with Gasteiger partial charge in [-0.25, -0.2) is 0 Å². The summed E-state index contributed by atoms with van der Waals surface area (Å²) >= 11 is 0. The van der Waals surface area contributed by atoms with Crippen LogP contribution in [0.3, 0.4) is 0 Å². The molecule has 0 bridgehead atoms. The Hall–Kier alpha value is -0.910.